The zero-order valence-electron chi connectivity index (χ0n) is 10.7. The monoisotopic (exact) mass is 267 g/mol. The molecule has 1 nitrogen and oxygen atoms in total. The molecule has 2 rings (SSSR count). The predicted octanol–water partition coefficient (Wildman–Crippen LogP) is 4.63. The summed E-state index contributed by atoms with van der Waals surface area (Å²) in [5, 5.41) is 3.87. The maximum atomic E-state index is 13.3. The minimum atomic E-state index is -0.229. The summed E-state index contributed by atoms with van der Waals surface area (Å²) >= 11 is 6.16. The first-order valence-corrected chi connectivity index (χ1v) is 6.88. The minimum absolute atomic E-state index is 0.0950. The molecule has 0 saturated heterocycles. The number of hydrogen-bond donors (Lipinski definition) is 1. The molecular weight excluding hydrogens is 249 g/mol. The number of rotatable bonds is 4. The minimum Gasteiger partial charge on any atom is -0.313 e. The van der Waals surface area contributed by atoms with E-state index in [-0.39, 0.29) is 11.9 Å². The molecule has 0 fully saturated rings. The maximum absolute atomic E-state index is 13.3. The van der Waals surface area contributed by atoms with Crippen LogP contribution in [0, 0.1) is 5.82 Å². The maximum Gasteiger partial charge on any atom is 0.123 e. The highest BCUT2D eigenvalue weighted by Gasteiger charge is 2.16. The molecule has 0 bridgehead atoms. The molecule has 0 aliphatic heterocycles. The first kappa shape index (κ1) is 13.6. The van der Waals surface area contributed by atoms with E-state index < -0.39 is 0 Å². The first-order chi connectivity index (χ1) is 8.70. The highest BCUT2D eigenvalue weighted by Crippen LogP contribution is 2.31. The van der Waals surface area contributed by atoms with Crippen molar-refractivity contribution >= 4 is 11.6 Å². The predicted molar refractivity (Wildman–Crippen MR) is 74.4 cm³/mol. The molecule has 1 aliphatic carbocycles. The van der Waals surface area contributed by atoms with E-state index in [9.17, 15) is 4.39 Å². The molecule has 1 aromatic rings. The van der Waals surface area contributed by atoms with Gasteiger partial charge in [-0.2, -0.15) is 0 Å². The van der Waals surface area contributed by atoms with E-state index in [0.717, 1.165) is 18.4 Å². The van der Waals surface area contributed by atoms with Crippen LogP contribution in [0.3, 0.4) is 0 Å². The van der Waals surface area contributed by atoms with Crippen LogP contribution in [-0.4, -0.2) is 7.05 Å². The summed E-state index contributed by atoms with van der Waals surface area (Å²) in [5.74, 6) is -0.229. The smallest absolute Gasteiger partial charge is 0.123 e. The van der Waals surface area contributed by atoms with Gasteiger partial charge in [-0.1, -0.05) is 23.3 Å². The third kappa shape index (κ3) is 3.33. The van der Waals surface area contributed by atoms with Gasteiger partial charge in [-0.05, 0) is 62.9 Å². The molecule has 0 saturated carbocycles. The molecule has 18 heavy (non-hydrogen) atoms. The Balaban J connectivity index is 2.17. The van der Waals surface area contributed by atoms with Crippen LogP contribution in [0.25, 0.3) is 0 Å². The summed E-state index contributed by atoms with van der Waals surface area (Å²) in [5.41, 5.74) is 2.31. The Hall–Kier alpha value is -0.860. The lowest BCUT2D eigenvalue weighted by atomic mass is 9.91. The summed E-state index contributed by atoms with van der Waals surface area (Å²) in [6, 6.07) is 4.66. The van der Waals surface area contributed by atoms with Crippen molar-refractivity contribution < 1.29 is 4.39 Å². The second kappa shape index (κ2) is 6.35. The Morgan fingerprint density at radius 3 is 2.89 bits per heavy atom. The molecule has 3 heteroatoms. The Morgan fingerprint density at radius 2 is 2.22 bits per heavy atom. The molecule has 1 aliphatic rings. The van der Waals surface area contributed by atoms with Crippen molar-refractivity contribution in [2.75, 3.05) is 7.05 Å². The molecule has 0 radical (unpaired) electrons. The molecule has 0 heterocycles. The summed E-state index contributed by atoms with van der Waals surface area (Å²) < 4.78 is 13.3. The zero-order valence-corrected chi connectivity index (χ0v) is 11.4. The van der Waals surface area contributed by atoms with Gasteiger partial charge in [0.05, 0.1) is 0 Å². The van der Waals surface area contributed by atoms with Gasteiger partial charge in [0.1, 0.15) is 5.82 Å². The number of halogens is 2. The Morgan fingerprint density at radius 1 is 1.39 bits per heavy atom. The van der Waals surface area contributed by atoms with E-state index in [1.54, 1.807) is 6.07 Å². The van der Waals surface area contributed by atoms with Crippen LogP contribution in [0.1, 0.15) is 43.7 Å². The van der Waals surface area contributed by atoms with Crippen molar-refractivity contribution in [1.82, 2.24) is 5.32 Å². The van der Waals surface area contributed by atoms with Gasteiger partial charge in [0.25, 0.3) is 0 Å². The van der Waals surface area contributed by atoms with E-state index in [1.165, 1.54) is 37.0 Å². The van der Waals surface area contributed by atoms with Gasteiger partial charge < -0.3 is 5.32 Å². The standard InChI is InChI=1S/C15H19ClFN/c1-18-15(9-11-5-3-2-4-6-11)13-10-12(17)7-8-14(13)16/h5,7-8,10,15,18H,2-4,6,9H2,1H3. The molecule has 1 atom stereocenters. The lowest BCUT2D eigenvalue weighted by molar-refractivity contribution is 0.552. The van der Waals surface area contributed by atoms with Gasteiger partial charge in [-0.25, -0.2) is 4.39 Å². The summed E-state index contributed by atoms with van der Waals surface area (Å²) in [6.45, 7) is 0. The highest BCUT2D eigenvalue weighted by molar-refractivity contribution is 6.31. The average Bonchev–Trinajstić information content (AvgIpc) is 2.40. The van der Waals surface area contributed by atoms with Gasteiger partial charge in [-0.15, -0.1) is 0 Å². The number of allylic oxidation sites excluding steroid dienone is 1. The van der Waals surface area contributed by atoms with Crippen LogP contribution >= 0.6 is 11.6 Å². The normalized spacial score (nSPS) is 17.4. The van der Waals surface area contributed by atoms with Gasteiger partial charge in [0.2, 0.25) is 0 Å². The van der Waals surface area contributed by atoms with Crippen molar-refractivity contribution in [3.05, 3.63) is 46.3 Å². The molecule has 1 N–H and O–H groups in total. The largest absolute Gasteiger partial charge is 0.313 e. The van der Waals surface area contributed by atoms with Crippen LogP contribution in [0.2, 0.25) is 5.02 Å². The van der Waals surface area contributed by atoms with Crippen LogP contribution in [0.4, 0.5) is 4.39 Å². The third-order valence-electron chi connectivity index (χ3n) is 3.53. The van der Waals surface area contributed by atoms with E-state index >= 15 is 0 Å². The van der Waals surface area contributed by atoms with Crippen LogP contribution in [-0.2, 0) is 0 Å². The van der Waals surface area contributed by atoms with Crippen LogP contribution < -0.4 is 5.32 Å². The van der Waals surface area contributed by atoms with Crippen molar-refractivity contribution in [2.24, 2.45) is 0 Å². The fourth-order valence-corrected chi connectivity index (χ4v) is 2.75. The third-order valence-corrected chi connectivity index (χ3v) is 3.88. The average molecular weight is 268 g/mol. The second-order valence-electron chi connectivity index (χ2n) is 4.82. The molecule has 0 aromatic heterocycles. The van der Waals surface area contributed by atoms with Crippen molar-refractivity contribution in [3.63, 3.8) is 0 Å². The molecule has 0 amide bonds. The van der Waals surface area contributed by atoms with Crippen LogP contribution in [0.5, 0.6) is 0 Å². The molecule has 0 spiro atoms. The fourth-order valence-electron chi connectivity index (χ4n) is 2.50. The lowest BCUT2D eigenvalue weighted by Gasteiger charge is -2.21. The first-order valence-electron chi connectivity index (χ1n) is 6.51. The van der Waals surface area contributed by atoms with E-state index in [1.807, 2.05) is 7.05 Å². The number of nitrogens with one attached hydrogen (secondary N) is 1. The van der Waals surface area contributed by atoms with Gasteiger partial charge >= 0.3 is 0 Å². The second-order valence-corrected chi connectivity index (χ2v) is 5.23. The summed E-state index contributed by atoms with van der Waals surface area (Å²) in [7, 11) is 1.90. The fraction of sp³-hybridized carbons (Fsp3) is 0.467. The topological polar surface area (TPSA) is 12.0 Å². The lowest BCUT2D eigenvalue weighted by Crippen LogP contribution is -2.18. The number of hydrogen-bond acceptors (Lipinski definition) is 1. The number of benzene rings is 1. The van der Waals surface area contributed by atoms with Gasteiger partial charge in [0, 0.05) is 11.1 Å². The van der Waals surface area contributed by atoms with E-state index in [0.29, 0.717) is 5.02 Å². The Bertz CT molecular complexity index is 442. The molecule has 98 valence electrons. The van der Waals surface area contributed by atoms with Gasteiger partial charge in [-0.3, -0.25) is 0 Å². The van der Waals surface area contributed by atoms with Crippen LogP contribution in [0.15, 0.2) is 29.8 Å². The van der Waals surface area contributed by atoms with Crippen molar-refractivity contribution in [2.45, 2.75) is 38.1 Å². The summed E-state index contributed by atoms with van der Waals surface area (Å²) in [6.07, 6.45) is 8.11. The Kier molecular flexibility index (Phi) is 4.79. The van der Waals surface area contributed by atoms with Crippen molar-refractivity contribution in [3.8, 4) is 0 Å². The Labute approximate surface area is 113 Å². The molecular formula is C15H19ClFN. The van der Waals surface area contributed by atoms with E-state index in [2.05, 4.69) is 11.4 Å². The van der Waals surface area contributed by atoms with Gasteiger partial charge in [0.15, 0.2) is 0 Å². The molecule has 1 aromatic carbocycles. The SMILES string of the molecule is CNC(CC1=CCCCC1)c1cc(F)ccc1Cl. The highest BCUT2D eigenvalue weighted by atomic mass is 35.5. The molecule has 1 unspecified atom stereocenters. The quantitative estimate of drug-likeness (QED) is 0.785. The summed E-state index contributed by atoms with van der Waals surface area (Å²) in [4.78, 5) is 0. The van der Waals surface area contributed by atoms with E-state index in [4.69, 9.17) is 11.6 Å². The van der Waals surface area contributed by atoms with Crippen molar-refractivity contribution in [1.29, 1.82) is 0 Å². The zero-order chi connectivity index (χ0) is 13.0.